The van der Waals surface area contributed by atoms with Crippen molar-refractivity contribution in [3.8, 4) is 0 Å². The van der Waals surface area contributed by atoms with E-state index in [2.05, 4.69) is 39.4 Å². The zero-order valence-corrected chi connectivity index (χ0v) is 13.0. The van der Waals surface area contributed by atoms with E-state index in [0.717, 1.165) is 29.3 Å². The lowest BCUT2D eigenvalue weighted by molar-refractivity contribution is 0.591. The molecule has 0 saturated carbocycles. The van der Waals surface area contributed by atoms with Crippen molar-refractivity contribution in [3.63, 3.8) is 0 Å². The first-order valence-electron chi connectivity index (χ1n) is 6.92. The van der Waals surface area contributed by atoms with Crippen LogP contribution in [-0.2, 0) is 12.8 Å². The second kappa shape index (κ2) is 5.57. The minimum atomic E-state index is -0.161. The number of rotatable bonds is 2. The van der Waals surface area contributed by atoms with Gasteiger partial charge in [-0.2, -0.15) is 0 Å². The second-order valence-electron chi connectivity index (χ2n) is 5.43. The van der Waals surface area contributed by atoms with Crippen LogP contribution in [0, 0.1) is 12.7 Å². The molecule has 0 bridgehead atoms. The van der Waals surface area contributed by atoms with Gasteiger partial charge in [0.1, 0.15) is 5.82 Å². The first-order valence-corrected chi connectivity index (χ1v) is 7.72. The van der Waals surface area contributed by atoms with Gasteiger partial charge in [0.15, 0.2) is 0 Å². The number of halogens is 2. The van der Waals surface area contributed by atoms with Crippen LogP contribution >= 0.6 is 15.9 Å². The molecule has 2 aromatic rings. The van der Waals surface area contributed by atoms with E-state index in [1.807, 2.05) is 13.0 Å². The number of anilines is 1. The number of benzene rings is 2. The van der Waals surface area contributed by atoms with Crippen molar-refractivity contribution >= 4 is 21.6 Å². The van der Waals surface area contributed by atoms with Crippen LogP contribution in [0.1, 0.15) is 23.1 Å². The van der Waals surface area contributed by atoms with Crippen molar-refractivity contribution in [1.29, 1.82) is 0 Å². The van der Waals surface area contributed by atoms with Crippen molar-refractivity contribution in [2.45, 2.75) is 32.2 Å². The Hall–Kier alpha value is -1.35. The quantitative estimate of drug-likeness (QED) is 0.826. The summed E-state index contributed by atoms with van der Waals surface area (Å²) in [6, 6.07) is 12.0. The van der Waals surface area contributed by atoms with Gasteiger partial charge < -0.3 is 5.32 Å². The van der Waals surface area contributed by atoms with Gasteiger partial charge in [0.2, 0.25) is 0 Å². The Morgan fingerprint density at radius 3 is 2.85 bits per heavy atom. The first kappa shape index (κ1) is 13.6. The van der Waals surface area contributed by atoms with Crippen molar-refractivity contribution in [2.75, 3.05) is 5.32 Å². The third-order valence-corrected chi connectivity index (χ3v) is 4.46. The normalized spacial score (nSPS) is 17.6. The maximum absolute atomic E-state index is 13.9. The van der Waals surface area contributed by atoms with Crippen LogP contribution in [-0.4, -0.2) is 6.04 Å². The number of para-hydroxylation sites is 1. The summed E-state index contributed by atoms with van der Waals surface area (Å²) >= 11 is 3.51. The van der Waals surface area contributed by atoms with Gasteiger partial charge in [-0.05, 0) is 61.1 Å². The number of hydrogen-bond donors (Lipinski definition) is 1. The lowest BCUT2D eigenvalue weighted by atomic mass is 9.88. The van der Waals surface area contributed by atoms with Crippen LogP contribution in [0.5, 0.6) is 0 Å². The maximum atomic E-state index is 13.9. The van der Waals surface area contributed by atoms with Crippen LogP contribution in [0.15, 0.2) is 40.9 Å². The Bertz CT molecular complexity index is 619. The van der Waals surface area contributed by atoms with E-state index in [-0.39, 0.29) is 5.82 Å². The van der Waals surface area contributed by atoms with E-state index in [1.54, 1.807) is 6.07 Å². The Morgan fingerprint density at radius 2 is 2.05 bits per heavy atom. The highest BCUT2D eigenvalue weighted by Crippen LogP contribution is 2.28. The Morgan fingerprint density at radius 1 is 1.20 bits per heavy atom. The Balaban J connectivity index is 1.79. The summed E-state index contributed by atoms with van der Waals surface area (Å²) in [4.78, 5) is 0. The first-order chi connectivity index (χ1) is 9.63. The Kier molecular flexibility index (Phi) is 3.79. The third kappa shape index (κ3) is 2.73. The van der Waals surface area contributed by atoms with Crippen molar-refractivity contribution < 1.29 is 4.39 Å². The smallest absolute Gasteiger partial charge is 0.146 e. The molecule has 1 aliphatic carbocycles. The van der Waals surface area contributed by atoms with Crippen molar-refractivity contribution in [1.82, 2.24) is 0 Å². The fourth-order valence-electron chi connectivity index (χ4n) is 2.87. The van der Waals surface area contributed by atoms with E-state index in [4.69, 9.17) is 0 Å². The molecule has 0 fully saturated rings. The summed E-state index contributed by atoms with van der Waals surface area (Å²) < 4.78 is 15.0. The average molecular weight is 334 g/mol. The van der Waals surface area contributed by atoms with E-state index in [0.29, 0.717) is 11.7 Å². The fourth-order valence-corrected chi connectivity index (χ4v) is 3.27. The molecule has 2 aromatic carbocycles. The highest BCUT2D eigenvalue weighted by molar-refractivity contribution is 9.10. The van der Waals surface area contributed by atoms with E-state index in [9.17, 15) is 4.39 Å². The SMILES string of the molecule is Cc1cccc(F)c1NC1CCc2cc(Br)ccc2C1. The van der Waals surface area contributed by atoms with Gasteiger partial charge in [-0.15, -0.1) is 0 Å². The van der Waals surface area contributed by atoms with E-state index in [1.165, 1.54) is 17.2 Å². The molecular weight excluding hydrogens is 317 g/mol. The molecule has 3 rings (SSSR count). The van der Waals surface area contributed by atoms with E-state index < -0.39 is 0 Å². The monoisotopic (exact) mass is 333 g/mol. The molecule has 0 saturated heterocycles. The molecule has 104 valence electrons. The van der Waals surface area contributed by atoms with E-state index >= 15 is 0 Å². The molecule has 1 aliphatic rings. The lowest BCUT2D eigenvalue weighted by Gasteiger charge is -2.27. The van der Waals surface area contributed by atoms with Gasteiger partial charge in [0.05, 0.1) is 5.69 Å². The highest BCUT2D eigenvalue weighted by atomic mass is 79.9. The van der Waals surface area contributed by atoms with Crippen molar-refractivity contribution in [3.05, 3.63) is 63.4 Å². The minimum absolute atomic E-state index is 0.161. The van der Waals surface area contributed by atoms with Gasteiger partial charge in [0, 0.05) is 10.5 Å². The minimum Gasteiger partial charge on any atom is -0.379 e. The topological polar surface area (TPSA) is 12.0 Å². The van der Waals surface area contributed by atoms with Crippen LogP contribution in [0.3, 0.4) is 0 Å². The van der Waals surface area contributed by atoms with Gasteiger partial charge in [-0.25, -0.2) is 4.39 Å². The number of aryl methyl sites for hydroxylation is 2. The van der Waals surface area contributed by atoms with Crippen LogP contribution < -0.4 is 5.32 Å². The van der Waals surface area contributed by atoms with Gasteiger partial charge >= 0.3 is 0 Å². The molecular formula is C17H17BrFN. The zero-order valence-electron chi connectivity index (χ0n) is 11.4. The largest absolute Gasteiger partial charge is 0.379 e. The fraction of sp³-hybridized carbons (Fsp3) is 0.294. The summed E-state index contributed by atoms with van der Waals surface area (Å²) in [5.41, 5.74) is 4.39. The molecule has 0 amide bonds. The van der Waals surface area contributed by atoms with Gasteiger partial charge in [0.25, 0.3) is 0 Å². The standard InChI is InChI=1S/C17H17BrFN/c1-11-3-2-4-16(19)17(11)20-15-8-6-12-9-14(18)7-5-13(12)10-15/h2-5,7,9,15,20H,6,8,10H2,1H3. The molecule has 1 atom stereocenters. The van der Waals surface area contributed by atoms with Gasteiger partial charge in [-0.3, -0.25) is 0 Å². The zero-order chi connectivity index (χ0) is 14.1. The molecule has 1 nitrogen and oxygen atoms in total. The molecule has 3 heteroatoms. The molecule has 1 unspecified atom stereocenters. The molecule has 0 heterocycles. The summed E-state index contributed by atoms with van der Waals surface area (Å²) in [6.45, 7) is 1.94. The molecule has 0 aliphatic heterocycles. The average Bonchev–Trinajstić information content (AvgIpc) is 2.43. The molecule has 0 aromatic heterocycles. The highest BCUT2D eigenvalue weighted by Gasteiger charge is 2.20. The molecule has 0 radical (unpaired) electrons. The molecule has 20 heavy (non-hydrogen) atoms. The molecule has 0 spiro atoms. The summed E-state index contributed by atoms with van der Waals surface area (Å²) in [6.07, 6.45) is 3.04. The predicted molar refractivity (Wildman–Crippen MR) is 84.7 cm³/mol. The number of hydrogen-bond acceptors (Lipinski definition) is 1. The summed E-state index contributed by atoms with van der Waals surface area (Å²) in [5, 5.41) is 3.39. The van der Waals surface area contributed by atoms with Crippen LogP contribution in [0.2, 0.25) is 0 Å². The maximum Gasteiger partial charge on any atom is 0.146 e. The molecule has 1 N–H and O–H groups in total. The second-order valence-corrected chi connectivity index (χ2v) is 6.34. The summed E-state index contributed by atoms with van der Waals surface area (Å²) in [5.74, 6) is -0.161. The van der Waals surface area contributed by atoms with Crippen molar-refractivity contribution in [2.24, 2.45) is 0 Å². The third-order valence-electron chi connectivity index (χ3n) is 3.97. The number of fused-ring (bicyclic) bond motifs is 1. The summed E-state index contributed by atoms with van der Waals surface area (Å²) in [7, 11) is 0. The van der Waals surface area contributed by atoms with Crippen LogP contribution in [0.25, 0.3) is 0 Å². The van der Waals surface area contributed by atoms with Gasteiger partial charge in [-0.1, -0.05) is 34.1 Å². The predicted octanol–water partition coefficient (Wildman–Crippen LogP) is 4.87. The Labute approximate surface area is 127 Å². The lowest BCUT2D eigenvalue weighted by Crippen LogP contribution is -2.28. The van der Waals surface area contributed by atoms with Crippen LogP contribution in [0.4, 0.5) is 10.1 Å². The number of nitrogens with one attached hydrogen (secondary N) is 1.